The van der Waals surface area contributed by atoms with Gasteiger partial charge in [-0.15, -0.1) is 0 Å². The highest BCUT2D eigenvalue weighted by Crippen LogP contribution is 2.34. The molecule has 0 unspecified atom stereocenters. The van der Waals surface area contributed by atoms with Crippen molar-refractivity contribution in [1.82, 2.24) is 0 Å². The molecule has 7 heteroatoms. The van der Waals surface area contributed by atoms with Gasteiger partial charge in [0.15, 0.2) is 0 Å². The van der Waals surface area contributed by atoms with E-state index in [9.17, 15) is 20.4 Å². The number of rotatable bonds is 6. The lowest BCUT2D eigenvalue weighted by atomic mass is 9.90. The number of aliphatic hydroxyl groups excluding tert-OH is 4. The van der Waals surface area contributed by atoms with E-state index in [1.807, 2.05) is 37.3 Å². The molecule has 0 amide bonds. The monoisotopic (exact) mass is 408 g/mol. The van der Waals surface area contributed by atoms with Crippen LogP contribution in [-0.2, 0) is 11.2 Å². The van der Waals surface area contributed by atoms with Crippen LogP contribution in [0.25, 0.3) is 0 Å². The van der Waals surface area contributed by atoms with Crippen LogP contribution in [-0.4, -0.2) is 58.1 Å². The lowest BCUT2D eigenvalue weighted by Gasteiger charge is -2.40. The SMILES string of the molecule is CCOc1ccc(Cc2cc([C@H]3O[C@@H](CO)[C@H](O)[C@@H](O)[C@H]3O)ccc2Cl)cc1. The molecule has 0 aliphatic carbocycles. The molecule has 3 rings (SSSR count). The summed E-state index contributed by atoms with van der Waals surface area (Å²) >= 11 is 6.35. The Labute approximate surface area is 168 Å². The summed E-state index contributed by atoms with van der Waals surface area (Å²) in [4.78, 5) is 0. The van der Waals surface area contributed by atoms with E-state index in [-0.39, 0.29) is 0 Å². The molecule has 6 nitrogen and oxygen atoms in total. The fourth-order valence-electron chi connectivity index (χ4n) is 3.37. The zero-order valence-corrected chi connectivity index (χ0v) is 16.3. The second kappa shape index (κ2) is 9.22. The first-order chi connectivity index (χ1) is 13.4. The quantitative estimate of drug-likeness (QED) is 0.582. The molecule has 1 saturated heterocycles. The summed E-state index contributed by atoms with van der Waals surface area (Å²) in [5.41, 5.74) is 2.49. The predicted molar refractivity (Wildman–Crippen MR) is 105 cm³/mol. The first-order valence-corrected chi connectivity index (χ1v) is 9.63. The zero-order valence-electron chi connectivity index (χ0n) is 15.5. The summed E-state index contributed by atoms with van der Waals surface area (Å²) < 4.78 is 11.1. The van der Waals surface area contributed by atoms with Crippen LogP contribution in [0.3, 0.4) is 0 Å². The van der Waals surface area contributed by atoms with E-state index in [2.05, 4.69) is 0 Å². The van der Waals surface area contributed by atoms with Crippen LogP contribution in [0.4, 0.5) is 0 Å². The lowest BCUT2D eigenvalue weighted by molar-refractivity contribution is -0.231. The molecule has 0 radical (unpaired) electrons. The van der Waals surface area contributed by atoms with Crippen molar-refractivity contribution < 1.29 is 29.9 Å². The fraction of sp³-hybridized carbons (Fsp3) is 0.429. The molecule has 1 aliphatic rings. The van der Waals surface area contributed by atoms with E-state index < -0.39 is 37.1 Å². The summed E-state index contributed by atoms with van der Waals surface area (Å²) in [5.74, 6) is 0.799. The van der Waals surface area contributed by atoms with Gasteiger partial charge in [0.2, 0.25) is 0 Å². The van der Waals surface area contributed by atoms with Crippen LogP contribution in [0, 0.1) is 0 Å². The molecule has 0 spiro atoms. The van der Waals surface area contributed by atoms with Gasteiger partial charge in [0.1, 0.15) is 36.3 Å². The van der Waals surface area contributed by atoms with Crippen LogP contribution in [0.5, 0.6) is 5.75 Å². The van der Waals surface area contributed by atoms with E-state index in [0.29, 0.717) is 23.6 Å². The van der Waals surface area contributed by atoms with E-state index in [1.165, 1.54) is 0 Å². The van der Waals surface area contributed by atoms with Crippen LogP contribution < -0.4 is 4.74 Å². The van der Waals surface area contributed by atoms with Gasteiger partial charge in [-0.05, 0) is 48.2 Å². The molecule has 1 aliphatic heterocycles. The first-order valence-electron chi connectivity index (χ1n) is 9.25. The molecule has 152 valence electrons. The minimum Gasteiger partial charge on any atom is -0.494 e. The minimum absolute atomic E-state index is 0.464. The van der Waals surface area contributed by atoms with Gasteiger partial charge in [-0.2, -0.15) is 0 Å². The van der Waals surface area contributed by atoms with E-state index in [1.54, 1.807) is 12.1 Å². The van der Waals surface area contributed by atoms with Crippen molar-refractivity contribution in [1.29, 1.82) is 0 Å². The highest BCUT2D eigenvalue weighted by molar-refractivity contribution is 6.31. The van der Waals surface area contributed by atoms with Crippen molar-refractivity contribution in [3.05, 3.63) is 64.2 Å². The molecule has 0 aromatic heterocycles. The Morgan fingerprint density at radius 3 is 2.36 bits per heavy atom. The average molecular weight is 409 g/mol. The summed E-state index contributed by atoms with van der Waals surface area (Å²) in [6.07, 6.45) is -5.39. The van der Waals surface area contributed by atoms with Crippen molar-refractivity contribution in [2.24, 2.45) is 0 Å². The molecular formula is C21H25ClO6. The third kappa shape index (κ3) is 4.49. The van der Waals surface area contributed by atoms with Crippen molar-refractivity contribution in [2.75, 3.05) is 13.2 Å². The smallest absolute Gasteiger partial charge is 0.119 e. The Kier molecular flexibility index (Phi) is 6.93. The summed E-state index contributed by atoms with van der Waals surface area (Å²) in [6, 6.07) is 12.9. The number of aliphatic hydroxyl groups is 4. The molecule has 28 heavy (non-hydrogen) atoms. The normalized spacial score (nSPS) is 27.6. The van der Waals surface area contributed by atoms with Crippen molar-refractivity contribution >= 4 is 11.6 Å². The van der Waals surface area contributed by atoms with Gasteiger partial charge in [0.25, 0.3) is 0 Å². The number of hydrogen-bond donors (Lipinski definition) is 4. The van der Waals surface area contributed by atoms with Gasteiger partial charge >= 0.3 is 0 Å². The molecule has 2 aromatic carbocycles. The van der Waals surface area contributed by atoms with E-state index in [4.69, 9.17) is 21.1 Å². The summed E-state index contributed by atoms with van der Waals surface area (Å²) in [5, 5.41) is 40.3. The van der Waals surface area contributed by atoms with Gasteiger partial charge in [-0.3, -0.25) is 0 Å². The van der Waals surface area contributed by atoms with Gasteiger partial charge in [-0.1, -0.05) is 35.9 Å². The maximum absolute atomic E-state index is 10.3. The highest BCUT2D eigenvalue weighted by atomic mass is 35.5. The first kappa shape index (κ1) is 21.0. The maximum Gasteiger partial charge on any atom is 0.119 e. The van der Waals surface area contributed by atoms with Crippen LogP contribution in [0.2, 0.25) is 5.02 Å². The van der Waals surface area contributed by atoms with E-state index in [0.717, 1.165) is 16.9 Å². The topological polar surface area (TPSA) is 99.4 Å². The average Bonchev–Trinajstić information content (AvgIpc) is 2.70. The van der Waals surface area contributed by atoms with Gasteiger partial charge in [-0.25, -0.2) is 0 Å². The molecule has 0 saturated carbocycles. The molecule has 1 heterocycles. The second-order valence-electron chi connectivity index (χ2n) is 6.85. The molecule has 2 aromatic rings. The molecule has 5 atom stereocenters. The summed E-state index contributed by atoms with van der Waals surface area (Å²) in [7, 11) is 0. The zero-order chi connectivity index (χ0) is 20.3. The Balaban J connectivity index is 1.82. The van der Waals surface area contributed by atoms with Gasteiger partial charge in [0.05, 0.1) is 13.2 Å². The van der Waals surface area contributed by atoms with Gasteiger partial charge in [0, 0.05) is 5.02 Å². The van der Waals surface area contributed by atoms with Crippen molar-refractivity contribution in [3.63, 3.8) is 0 Å². The predicted octanol–water partition coefficient (Wildman–Crippen LogP) is 1.84. The number of ether oxygens (including phenoxy) is 2. The Hall–Kier alpha value is -1.67. The molecular weight excluding hydrogens is 384 g/mol. The Bertz CT molecular complexity index is 779. The Morgan fingerprint density at radius 2 is 1.71 bits per heavy atom. The fourth-order valence-corrected chi connectivity index (χ4v) is 3.56. The van der Waals surface area contributed by atoms with Crippen LogP contribution in [0.1, 0.15) is 29.7 Å². The molecule has 4 N–H and O–H groups in total. The Morgan fingerprint density at radius 1 is 1.00 bits per heavy atom. The van der Waals surface area contributed by atoms with Crippen LogP contribution >= 0.6 is 11.6 Å². The van der Waals surface area contributed by atoms with Crippen LogP contribution in [0.15, 0.2) is 42.5 Å². The van der Waals surface area contributed by atoms with Crippen molar-refractivity contribution in [2.45, 2.75) is 43.9 Å². The van der Waals surface area contributed by atoms with Crippen molar-refractivity contribution in [3.8, 4) is 5.75 Å². The third-order valence-corrected chi connectivity index (χ3v) is 5.29. The second-order valence-corrected chi connectivity index (χ2v) is 7.26. The molecule has 0 bridgehead atoms. The number of halogens is 1. The minimum atomic E-state index is -1.42. The standard InChI is InChI=1S/C21H25ClO6/c1-2-27-15-6-3-12(4-7-15)9-14-10-13(5-8-16(14)22)21-20(26)19(25)18(24)17(11-23)28-21/h3-8,10,17-21,23-26H,2,9,11H2,1H3/t17-,18-,19+,20+,21+/m0/s1. The van der Waals surface area contributed by atoms with Gasteiger partial charge < -0.3 is 29.9 Å². The third-order valence-electron chi connectivity index (χ3n) is 4.92. The highest BCUT2D eigenvalue weighted by Gasteiger charge is 2.43. The lowest BCUT2D eigenvalue weighted by Crippen LogP contribution is -2.55. The summed E-state index contributed by atoms with van der Waals surface area (Å²) in [6.45, 7) is 2.07. The van der Waals surface area contributed by atoms with E-state index >= 15 is 0 Å². The number of hydrogen-bond acceptors (Lipinski definition) is 6. The largest absolute Gasteiger partial charge is 0.494 e. The molecule has 1 fully saturated rings. The number of benzene rings is 2. The maximum atomic E-state index is 10.3.